The zero-order chi connectivity index (χ0) is 13.5. The molecule has 0 fully saturated rings. The van der Waals surface area contributed by atoms with Crippen molar-refractivity contribution >= 4 is 17.3 Å². The van der Waals surface area contributed by atoms with Crippen LogP contribution in [0.4, 0.5) is 0 Å². The highest BCUT2D eigenvalue weighted by Crippen LogP contribution is 2.23. The number of likely N-dealkylation sites (N-methyl/N-ethyl adjacent to an activating group) is 1. The van der Waals surface area contributed by atoms with E-state index in [9.17, 15) is 0 Å². The van der Waals surface area contributed by atoms with Crippen LogP contribution in [0.1, 0.15) is 57.3 Å². The van der Waals surface area contributed by atoms with Gasteiger partial charge >= 0.3 is 0 Å². The molecular weight excluding hydrogens is 254 g/mol. The van der Waals surface area contributed by atoms with E-state index in [4.69, 9.17) is 0 Å². The van der Waals surface area contributed by atoms with Crippen LogP contribution in [0.2, 0.25) is 0 Å². The third kappa shape index (κ3) is 4.11. The quantitative estimate of drug-likeness (QED) is 0.711. The predicted molar refractivity (Wildman–Crippen MR) is 82.5 cm³/mol. The fraction of sp³-hybridized carbons (Fsp3) is 0.733. The maximum Gasteiger partial charge on any atom is 0.104 e. The molecule has 1 aromatic heterocycles. The topological polar surface area (TPSA) is 29.0 Å². The van der Waals surface area contributed by atoms with Crippen LogP contribution in [0.15, 0.2) is 6.08 Å². The van der Waals surface area contributed by atoms with Crippen molar-refractivity contribution in [1.82, 2.24) is 13.6 Å². The molecule has 1 aliphatic rings. The predicted octanol–water partition coefficient (Wildman–Crippen LogP) is 3.77. The molecule has 1 aliphatic heterocycles. The maximum atomic E-state index is 4.54. The molecule has 0 amide bonds. The molecule has 0 aliphatic carbocycles. The minimum atomic E-state index is 1.05. The second kappa shape index (κ2) is 7.75. The first-order valence-corrected chi connectivity index (χ1v) is 8.31. The summed E-state index contributed by atoms with van der Waals surface area (Å²) in [6, 6.07) is 0. The molecule has 0 N–H and O–H groups in total. The Kier molecular flexibility index (Phi) is 5.98. The second-order valence-electron chi connectivity index (χ2n) is 5.26. The zero-order valence-corrected chi connectivity index (χ0v) is 13.0. The molecule has 4 heteroatoms. The highest BCUT2D eigenvalue weighted by atomic mass is 32.1. The molecule has 0 bridgehead atoms. The molecule has 0 atom stereocenters. The van der Waals surface area contributed by atoms with Crippen molar-refractivity contribution < 1.29 is 0 Å². The minimum Gasteiger partial charge on any atom is -0.299 e. The molecule has 0 saturated carbocycles. The summed E-state index contributed by atoms with van der Waals surface area (Å²) in [6.07, 6.45) is 9.78. The summed E-state index contributed by atoms with van der Waals surface area (Å²) in [5.74, 6) is 0. The van der Waals surface area contributed by atoms with Crippen LogP contribution >= 0.6 is 11.7 Å². The normalized spacial score (nSPS) is 16.6. The lowest BCUT2D eigenvalue weighted by atomic mass is 10.0. The van der Waals surface area contributed by atoms with Gasteiger partial charge in [-0.3, -0.25) is 4.90 Å². The Morgan fingerprint density at radius 1 is 1.21 bits per heavy atom. The van der Waals surface area contributed by atoms with Crippen molar-refractivity contribution in [2.24, 2.45) is 0 Å². The molecule has 3 nitrogen and oxygen atoms in total. The summed E-state index contributed by atoms with van der Waals surface area (Å²) in [5, 5.41) is 0. The van der Waals surface area contributed by atoms with Crippen molar-refractivity contribution in [3.05, 3.63) is 17.5 Å². The third-order valence-corrected chi connectivity index (χ3v) is 4.37. The van der Waals surface area contributed by atoms with Gasteiger partial charge in [-0.25, -0.2) is 0 Å². The summed E-state index contributed by atoms with van der Waals surface area (Å²) in [5.41, 5.74) is 3.80. The summed E-state index contributed by atoms with van der Waals surface area (Å²) in [4.78, 5) is 2.48. The van der Waals surface area contributed by atoms with Crippen molar-refractivity contribution in [1.29, 1.82) is 0 Å². The van der Waals surface area contributed by atoms with Gasteiger partial charge in [0.2, 0.25) is 0 Å². The Labute approximate surface area is 121 Å². The van der Waals surface area contributed by atoms with Crippen LogP contribution in [0, 0.1) is 0 Å². The maximum absolute atomic E-state index is 4.54. The van der Waals surface area contributed by atoms with Crippen LogP contribution in [0.5, 0.6) is 0 Å². The van der Waals surface area contributed by atoms with Gasteiger partial charge in [0.1, 0.15) is 5.69 Å². The van der Waals surface area contributed by atoms with E-state index in [1.807, 2.05) is 0 Å². The van der Waals surface area contributed by atoms with Gasteiger partial charge in [0.15, 0.2) is 0 Å². The van der Waals surface area contributed by atoms with E-state index in [0.29, 0.717) is 0 Å². The molecule has 0 spiro atoms. The minimum absolute atomic E-state index is 1.05. The number of aryl methyl sites for hydroxylation is 1. The Morgan fingerprint density at radius 3 is 2.89 bits per heavy atom. The number of rotatable bonds is 7. The highest BCUT2D eigenvalue weighted by Gasteiger charge is 2.17. The van der Waals surface area contributed by atoms with Crippen LogP contribution in [0.3, 0.4) is 0 Å². The highest BCUT2D eigenvalue weighted by molar-refractivity contribution is 6.99. The monoisotopic (exact) mass is 279 g/mol. The van der Waals surface area contributed by atoms with Crippen molar-refractivity contribution in [3.8, 4) is 0 Å². The van der Waals surface area contributed by atoms with Gasteiger partial charge in [-0.1, -0.05) is 39.2 Å². The number of aromatic nitrogens is 2. The molecule has 19 heavy (non-hydrogen) atoms. The smallest absolute Gasteiger partial charge is 0.104 e. The van der Waals surface area contributed by atoms with E-state index in [1.54, 1.807) is 0 Å². The van der Waals surface area contributed by atoms with E-state index >= 15 is 0 Å². The summed E-state index contributed by atoms with van der Waals surface area (Å²) in [6.45, 7) is 7.84. The Hall–Kier alpha value is -0.740. The van der Waals surface area contributed by atoms with Gasteiger partial charge in [-0.2, -0.15) is 8.75 Å². The van der Waals surface area contributed by atoms with Crippen LogP contribution < -0.4 is 0 Å². The second-order valence-corrected chi connectivity index (χ2v) is 5.79. The number of hydrogen-bond acceptors (Lipinski definition) is 4. The van der Waals surface area contributed by atoms with Crippen LogP contribution in [-0.2, 0) is 6.42 Å². The summed E-state index contributed by atoms with van der Waals surface area (Å²) >= 11 is 1.37. The van der Waals surface area contributed by atoms with Crippen molar-refractivity contribution in [3.63, 3.8) is 0 Å². The number of nitrogens with zero attached hydrogens (tertiary/aromatic N) is 3. The first kappa shape index (κ1) is 14.7. The van der Waals surface area contributed by atoms with Gasteiger partial charge < -0.3 is 0 Å². The lowest BCUT2D eigenvalue weighted by molar-refractivity contribution is 0.321. The molecule has 0 unspecified atom stereocenters. The first-order valence-electron chi connectivity index (χ1n) is 7.58. The molecular formula is C15H25N3S. The SMILES string of the molecule is CCCCCCc1nsnc1C1=CCCN(CC)C1. The fourth-order valence-electron chi connectivity index (χ4n) is 2.58. The fourth-order valence-corrected chi connectivity index (χ4v) is 3.20. The Balaban J connectivity index is 1.96. The van der Waals surface area contributed by atoms with Gasteiger partial charge in [0, 0.05) is 13.1 Å². The van der Waals surface area contributed by atoms with Gasteiger partial charge in [-0.05, 0) is 31.4 Å². The van der Waals surface area contributed by atoms with Gasteiger partial charge in [0.25, 0.3) is 0 Å². The van der Waals surface area contributed by atoms with Crippen LogP contribution in [0.25, 0.3) is 5.57 Å². The van der Waals surface area contributed by atoms with Gasteiger partial charge in [-0.15, -0.1) is 0 Å². The zero-order valence-electron chi connectivity index (χ0n) is 12.2. The molecule has 0 radical (unpaired) electrons. The first-order chi connectivity index (χ1) is 9.35. The molecule has 0 aromatic carbocycles. The number of unbranched alkanes of at least 4 members (excludes halogenated alkanes) is 3. The molecule has 0 saturated heterocycles. The van der Waals surface area contributed by atoms with Crippen molar-refractivity contribution in [2.75, 3.05) is 19.6 Å². The molecule has 2 heterocycles. The molecule has 1 aromatic rings. The largest absolute Gasteiger partial charge is 0.299 e. The van der Waals surface area contributed by atoms with E-state index in [-0.39, 0.29) is 0 Å². The number of hydrogen-bond donors (Lipinski definition) is 0. The summed E-state index contributed by atoms with van der Waals surface area (Å²) < 4.78 is 9.05. The lowest BCUT2D eigenvalue weighted by Gasteiger charge is -2.25. The van der Waals surface area contributed by atoms with E-state index < -0.39 is 0 Å². The van der Waals surface area contributed by atoms with Gasteiger partial charge in [0.05, 0.1) is 17.4 Å². The third-order valence-electron chi connectivity index (χ3n) is 3.81. The van der Waals surface area contributed by atoms with E-state index in [0.717, 1.165) is 25.9 Å². The Morgan fingerprint density at radius 2 is 2.11 bits per heavy atom. The van der Waals surface area contributed by atoms with Crippen LogP contribution in [-0.4, -0.2) is 33.3 Å². The van der Waals surface area contributed by atoms with E-state index in [1.165, 1.54) is 60.9 Å². The lowest BCUT2D eigenvalue weighted by Crippen LogP contribution is -2.29. The molecule has 106 valence electrons. The average Bonchev–Trinajstić information content (AvgIpc) is 2.92. The standard InChI is InChI=1S/C15H25N3S/c1-3-5-6-7-10-14-15(17-19-16-14)13-9-8-11-18(4-2)12-13/h9H,3-8,10-12H2,1-2H3. The molecule has 2 rings (SSSR count). The van der Waals surface area contributed by atoms with E-state index in [2.05, 4.69) is 33.6 Å². The van der Waals surface area contributed by atoms with Crippen molar-refractivity contribution in [2.45, 2.75) is 52.4 Å². The summed E-state index contributed by atoms with van der Waals surface area (Å²) in [7, 11) is 0. The Bertz CT molecular complexity index is 411. The average molecular weight is 279 g/mol.